The van der Waals surface area contributed by atoms with Crippen LogP contribution in [0.15, 0.2) is 59.3 Å². The molecule has 0 bridgehead atoms. The largest absolute Gasteiger partial charge is 0.300 e. The van der Waals surface area contributed by atoms with E-state index in [1.165, 1.54) is 22.7 Å². The van der Waals surface area contributed by atoms with Crippen LogP contribution in [0.5, 0.6) is 0 Å². The summed E-state index contributed by atoms with van der Waals surface area (Å²) in [5.41, 5.74) is -0.215. The molecule has 2 heterocycles. The summed E-state index contributed by atoms with van der Waals surface area (Å²) < 4.78 is 0. The second-order valence-corrected chi connectivity index (χ2v) is 9.11. The molecule has 27 heavy (non-hydrogen) atoms. The molecule has 2 atom stereocenters. The summed E-state index contributed by atoms with van der Waals surface area (Å²) in [5, 5.41) is 3.89. The smallest absolute Gasteiger partial charge is 0.178 e. The van der Waals surface area contributed by atoms with Crippen molar-refractivity contribution in [1.29, 1.82) is 0 Å². The van der Waals surface area contributed by atoms with E-state index in [1.54, 1.807) is 24.3 Å². The molecule has 134 valence electrons. The Balaban J connectivity index is 1.79. The van der Waals surface area contributed by atoms with Gasteiger partial charge in [-0.2, -0.15) is 0 Å². The number of thiophene rings is 2. The number of benzene rings is 1. The average Bonchev–Trinajstić information content (AvgIpc) is 3.42. The maximum atomic E-state index is 13.8. The fraction of sp³-hybridized carbons (Fsp3) is 0.227. The van der Waals surface area contributed by atoms with Crippen LogP contribution in [0.3, 0.4) is 0 Å². The minimum absolute atomic E-state index is 0.118. The Labute approximate surface area is 164 Å². The summed E-state index contributed by atoms with van der Waals surface area (Å²) in [7, 11) is 0. The van der Waals surface area contributed by atoms with E-state index in [-0.39, 0.29) is 30.2 Å². The lowest BCUT2D eigenvalue weighted by molar-refractivity contribution is -0.122. The third-order valence-corrected chi connectivity index (χ3v) is 7.88. The molecule has 0 saturated heterocycles. The van der Waals surface area contributed by atoms with Gasteiger partial charge in [-0.15, -0.1) is 22.7 Å². The molecule has 3 nitrogen and oxygen atoms in total. The van der Waals surface area contributed by atoms with Gasteiger partial charge in [0.15, 0.2) is 11.6 Å². The molecule has 3 aromatic rings. The molecule has 0 amide bonds. The predicted octanol–water partition coefficient (Wildman–Crippen LogP) is 5.11. The van der Waals surface area contributed by atoms with Gasteiger partial charge in [0.1, 0.15) is 11.2 Å². The van der Waals surface area contributed by atoms with Crippen LogP contribution in [0.4, 0.5) is 0 Å². The highest BCUT2D eigenvalue weighted by Gasteiger charge is 2.64. The number of rotatable bonds is 2. The minimum Gasteiger partial charge on any atom is -0.300 e. The summed E-state index contributed by atoms with van der Waals surface area (Å²) in [5.74, 6) is -0.926. The first-order valence-corrected chi connectivity index (χ1v) is 10.7. The van der Waals surface area contributed by atoms with Crippen molar-refractivity contribution in [1.82, 2.24) is 0 Å². The van der Waals surface area contributed by atoms with E-state index in [4.69, 9.17) is 0 Å². The monoisotopic (exact) mass is 392 g/mol. The lowest BCUT2D eigenvalue weighted by atomic mass is 9.56. The van der Waals surface area contributed by atoms with E-state index in [0.717, 1.165) is 9.75 Å². The number of hydrogen-bond donors (Lipinski definition) is 0. The number of ketones is 3. The van der Waals surface area contributed by atoms with Crippen molar-refractivity contribution in [3.63, 3.8) is 0 Å². The van der Waals surface area contributed by atoms with Crippen LogP contribution >= 0.6 is 22.7 Å². The van der Waals surface area contributed by atoms with Crippen LogP contribution in [0.1, 0.15) is 55.1 Å². The Morgan fingerprint density at radius 2 is 1.19 bits per heavy atom. The second-order valence-electron chi connectivity index (χ2n) is 7.16. The quantitative estimate of drug-likeness (QED) is 0.570. The van der Waals surface area contributed by atoms with Gasteiger partial charge in [-0.05, 0) is 22.9 Å². The van der Waals surface area contributed by atoms with Crippen molar-refractivity contribution < 1.29 is 14.4 Å². The standard InChI is InChI=1S/C22H16O3S2/c23-13-11-16(18-7-3-9-26-18)22(17(12-13)19-8-4-10-27-19)20(24)14-5-1-2-6-15(14)21(22)25/h1-10,16-17H,11-12H2/t16-,17+. The minimum atomic E-state index is -1.21. The van der Waals surface area contributed by atoms with Gasteiger partial charge in [0.25, 0.3) is 0 Å². The Morgan fingerprint density at radius 3 is 1.59 bits per heavy atom. The van der Waals surface area contributed by atoms with Crippen molar-refractivity contribution in [2.75, 3.05) is 0 Å². The highest BCUT2D eigenvalue weighted by atomic mass is 32.1. The first kappa shape index (κ1) is 16.8. The summed E-state index contributed by atoms with van der Waals surface area (Å²) >= 11 is 3.04. The highest BCUT2D eigenvalue weighted by Crippen LogP contribution is 2.61. The van der Waals surface area contributed by atoms with Crippen LogP contribution < -0.4 is 0 Å². The van der Waals surface area contributed by atoms with Crippen LogP contribution in [-0.4, -0.2) is 17.3 Å². The molecule has 0 unspecified atom stereocenters. The maximum Gasteiger partial charge on any atom is 0.178 e. The molecule has 2 aromatic heterocycles. The zero-order chi connectivity index (χ0) is 18.6. The normalized spacial score (nSPS) is 23.8. The van der Waals surface area contributed by atoms with Gasteiger partial charge in [0.2, 0.25) is 0 Å². The number of carbonyl (C=O) groups is 3. The number of Topliss-reactive ketones (excluding diaryl/α,β-unsaturated/α-hetero) is 3. The molecular formula is C22H16O3S2. The van der Waals surface area contributed by atoms with Crippen LogP contribution in [-0.2, 0) is 4.79 Å². The molecule has 2 aliphatic rings. The van der Waals surface area contributed by atoms with Crippen molar-refractivity contribution in [2.45, 2.75) is 24.7 Å². The van der Waals surface area contributed by atoms with Crippen molar-refractivity contribution >= 4 is 40.0 Å². The van der Waals surface area contributed by atoms with Gasteiger partial charge in [-0.25, -0.2) is 0 Å². The third-order valence-electron chi connectivity index (χ3n) is 5.90. The third kappa shape index (κ3) is 2.22. The van der Waals surface area contributed by atoms with E-state index in [2.05, 4.69) is 0 Å². The molecule has 5 rings (SSSR count). The van der Waals surface area contributed by atoms with E-state index in [0.29, 0.717) is 11.1 Å². The van der Waals surface area contributed by atoms with E-state index < -0.39 is 17.3 Å². The van der Waals surface area contributed by atoms with E-state index in [1.807, 2.05) is 35.0 Å². The summed E-state index contributed by atoms with van der Waals surface area (Å²) in [6.45, 7) is 0. The topological polar surface area (TPSA) is 51.2 Å². The van der Waals surface area contributed by atoms with Crippen LogP contribution in [0.2, 0.25) is 0 Å². The molecule has 0 radical (unpaired) electrons. The summed E-state index contributed by atoms with van der Waals surface area (Å²) in [6.07, 6.45) is 0.488. The molecular weight excluding hydrogens is 376 g/mol. The summed E-state index contributed by atoms with van der Waals surface area (Å²) in [4.78, 5) is 42.1. The van der Waals surface area contributed by atoms with Crippen molar-refractivity contribution in [3.05, 3.63) is 80.2 Å². The first-order chi connectivity index (χ1) is 13.1. The molecule has 0 N–H and O–H groups in total. The van der Waals surface area contributed by atoms with Gasteiger partial charge in [-0.1, -0.05) is 36.4 Å². The SMILES string of the molecule is O=C1C[C@H](c2cccs2)C2(C(=O)c3ccccc3C2=O)[C@H](c2cccs2)C1. The van der Waals surface area contributed by atoms with Gasteiger partial charge in [0, 0.05) is 45.6 Å². The molecule has 5 heteroatoms. The van der Waals surface area contributed by atoms with E-state index in [9.17, 15) is 14.4 Å². The second kappa shape index (κ2) is 6.08. The fourth-order valence-electron chi connectivity index (χ4n) is 4.79. The Hall–Kier alpha value is -2.37. The lowest BCUT2D eigenvalue weighted by Crippen LogP contribution is -2.49. The van der Waals surface area contributed by atoms with Gasteiger partial charge >= 0.3 is 0 Å². The zero-order valence-electron chi connectivity index (χ0n) is 14.4. The maximum absolute atomic E-state index is 13.8. The Kier molecular flexibility index (Phi) is 3.78. The van der Waals surface area contributed by atoms with E-state index >= 15 is 0 Å². The lowest BCUT2D eigenvalue weighted by Gasteiger charge is -2.43. The fourth-order valence-corrected chi connectivity index (χ4v) is 6.60. The molecule has 1 spiro atoms. The average molecular weight is 393 g/mol. The van der Waals surface area contributed by atoms with Gasteiger partial charge in [-0.3, -0.25) is 14.4 Å². The predicted molar refractivity (Wildman–Crippen MR) is 106 cm³/mol. The van der Waals surface area contributed by atoms with Gasteiger partial charge in [0.05, 0.1) is 0 Å². The summed E-state index contributed by atoms with van der Waals surface area (Å²) in [6, 6.07) is 14.8. The molecule has 1 aromatic carbocycles. The molecule has 2 aliphatic carbocycles. The van der Waals surface area contributed by atoms with Crippen molar-refractivity contribution in [3.8, 4) is 0 Å². The van der Waals surface area contributed by atoms with Gasteiger partial charge < -0.3 is 0 Å². The highest BCUT2D eigenvalue weighted by molar-refractivity contribution is 7.10. The molecule has 1 saturated carbocycles. The number of fused-ring (bicyclic) bond motifs is 1. The van der Waals surface area contributed by atoms with Crippen LogP contribution in [0, 0.1) is 5.41 Å². The Morgan fingerprint density at radius 1 is 0.704 bits per heavy atom. The first-order valence-electron chi connectivity index (χ1n) is 8.91. The molecule has 0 aliphatic heterocycles. The molecule has 1 fully saturated rings. The number of carbonyl (C=O) groups excluding carboxylic acids is 3. The van der Waals surface area contributed by atoms with Crippen LogP contribution in [0.25, 0.3) is 0 Å². The number of hydrogen-bond acceptors (Lipinski definition) is 5. The van der Waals surface area contributed by atoms with Crippen molar-refractivity contribution in [2.24, 2.45) is 5.41 Å². The zero-order valence-corrected chi connectivity index (χ0v) is 16.0. The Bertz CT molecular complexity index is 964.